The van der Waals surface area contributed by atoms with Crippen LogP contribution in [0, 0.1) is 0 Å². The summed E-state index contributed by atoms with van der Waals surface area (Å²) in [5, 5.41) is 5.96. The van der Waals surface area contributed by atoms with Crippen LogP contribution in [0.2, 0.25) is 5.02 Å². The summed E-state index contributed by atoms with van der Waals surface area (Å²) in [6.45, 7) is 0.375. The Labute approximate surface area is 148 Å². The lowest BCUT2D eigenvalue weighted by molar-refractivity contribution is 0.0946. The second-order valence-corrected chi connectivity index (χ2v) is 6.23. The molecule has 2 heterocycles. The number of halogens is 1. The van der Waals surface area contributed by atoms with E-state index in [1.165, 1.54) is 11.3 Å². The number of carbonyl (C=O) groups is 1. The first-order valence-corrected chi connectivity index (χ1v) is 8.40. The lowest BCUT2D eigenvalue weighted by atomic mass is 10.2. The molecule has 7 heteroatoms. The van der Waals surface area contributed by atoms with Crippen molar-refractivity contribution < 1.29 is 9.53 Å². The third kappa shape index (κ3) is 3.90. The molecule has 0 aliphatic carbocycles. The Morgan fingerprint density at radius 3 is 2.92 bits per heavy atom. The maximum absolute atomic E-state index is 12.2. The zero-order chi connectivity index (χ0) is 16.9. The van der Waals surface area contributed by atoms with Gasteiger partial charge in [-0.25, -0.2) is 9.97 Å². The van der Waals surface area contributed by atoms with Crippen molar-refractivity contribution in [2.45, 2.75) is 6.54 Å². The van der Waals surface area contributed by atoms with Crippen molar-refractivity contribution in [3.8, 4) is 16.5 Å². The molecule has 0 spiro atoms. The zero-order valence-electron chi connectivity index (χ0n) is 12.8. The highest BCUT2D eigenvalue weighted by molar-refractivity contribution is 7.13. The van der Waals surface area contributed by atoms with E-state index in [2.05, 4.69) is 15.3 Å². The topological polar surface area (TPSA) is 64.1 Å². The van der Waals surface area contributed by atoms with Gasteiger partial charge in [0.25, 0.3) is 5.91 Å². The van der Waals surface area contributed by atoms with Crippen LogP contribution in [0.25, 0.3) is 10.6 Å². The average molecular weight is 360 g/mol. The summed E-state index contributed by atoms with van der Waals surface area (Å²) >= 11 is 7.39. The minimum absolute atomic E-state index is 0.227. The number of nitrogens with one attached hydrogen (secondary N) is 1. The first kappa shape index (κ1) is 16.4. The van der Waals surface area contributed by atoms with Crippen LogP contribution in [0.4, 0.5) is 0 Å². The van der Waals surface area contributed by atoms with Gasteiger partial charge in [-0.2, -0.15) is 0 Å². The first-order valence-electron chi connectivity index (χ1n) is 7.14. The summed E-state index contributed by atoms with van der Waals surface area (Å²) in [6, 6.07) is 11.0. The lowest BCUT2D eigenvalue weighted by Gasteiger charge is -2.04. The van der Waals surface area contributed by atoms with Crippen LogP contribution >= 0.6 is 22.9 Å². The molecule has 0 bridgehead atoms. The Morgan fingerprint density at radius 2 is 2.21 bits per heavy atom. The Hall–Kier alpha value is -2.44. The Balaban J connectivity index is 1.65. The molecule has 3 rings (SSSR count). The Kier molecular flexibility index (Phi) is 5.08. The van der Waals surface area contributed by atoms with E-state index in [0.29, 0.717) is 23.1 Å². The molecular weight excluding hydrogens is 346 g/mol. The van der Waals surface area contributed by atoms with Gasteiger partial charge in [0.05, 0.1) is 7.11 Å². The molecule has 1 aromatic carbocycles. The van der Waals surface area contributed by atoms with E-state index in [4.69, 9.17) is 16.3 Å². The van der Waals surface area contributed by atoms with Gasteiger partial charge in [-0.3, -0.25) is 4.79 Å². The molecule has 0 fully saturated rings. The number of hydrogen-bond acceptors (Lipinski definition) is 5. The van der Waals surface area contributed by atoms with Crippen molar-refractivity contribution in [3.05, 3.63) is 64.3 Å². The molecule has 0 saturated carbocycles. The molecule has 1 N–H and O–H groups in total. The normalized spacial score (nSPS) is 10.4. The monoisotopic (exact) mass is 359 g/mol. The summed E-state index contributed by atoms with van der Waals surface area (Å²) in [7, 11) is 1.56. The molecule has 1 amide bonds. The molecule has 0 aliphatic rings. The van der Waals surface area contributed by atoms with Crippen LogP contribution in [0.1, 0.15) is 16.1 Å². The van der Waals surface area contributed by atoms with E-state index in [0.717, 1.165) is 16.1 Å². The van der Waals surface area contributed by atoms with E-state index in [1.54, 1.807) is 30.8 Å². The van der Waals surface area contributed by atoms with Gasteiger partial charge in [0, 0.05) is 34.8 Å². The minimum atomic E-state index is -0.227. The molecule has 0 radical (unpaired) electrons. The van der Waals surface area contributed by atoms with Gasteiger partial charge in [-0.1, -0.05) is 29.8 Å². The van der Waals surface area contributed by atoms with E-state index in [-0.39, 0.29) is 5.91 Å². The van der Waals surface area contributed by atoms with Gasteiger partial charge < -0.3 is 10.1 Å². The van der Waals surface area contributed by atoms with Crippen molar-refractivity contribution in [2.75, 3.05) is 7.11 Å². The molecule has 5 nitrogen and oxygen atoms in total. The molecular formula is C17H14ClN3O2S. The van der Waals surface area contributed by atoms with Crippen LogP contribution < -0.4 is 10.1 Å². The van der Waals surface area contributed by atoms with Crippen LogP contribution in [0.5, 0.6) is 5.88 Å². The molecule has 24 heavy (non-hydrogen) atoms. The van der Waals surface area contributed by atoms with Crippen molar-refractivity contribution >= 4 is 28.8 Å². The standard InChI is InChI=1S/C17H14ClN3O2S/c1-23-15-6-5-11(8-19-15)9-20-16(22)14-10-24-17(21-14)12-3-2-4-13(18)7-12/h2-8,10H,9H2,1H3,(H,20,22). The first-order chi connectivity index (χ1) is 11.7. The van der Waals surface area contributed by atoms with Gasteiger partial charge in [0.1, 0.15) is 10.7 Å². The number of thiazole rings is 1. The number of nitrogens with zero attached hydrogens (tertiary/aromatic N) is 2. The highest BCUT2D eigenvalue weighted by atomic mass is 35.5. The maximum Gasteiger partial charge on any atom is 0.271 e. The molecule has 3 aromatic rings. The second kappa shape index (κ2) is 7.42. The predicted octanol–water partition coefficient (Wildman–Crippen LogP) is 3.80. The van der Waals surface area contributed by atoms with Crippen LogP contribution in [-0.2, 0) is 6.54 Å². The molecule has 0 saturated heterocycles. The number of aromatic nitrogens is 2. The van der Waals surface area contributed by atoms with Gasteiger partial charge >= 0.3 is 0 Å². The third-order valence-electron chi connectivity index (χ3n) is 3.27. The fourth-order valence-electron chi connectivity index (χ4n) is 2.04. The second-order valence-electron chi connectivity index (χ2n) is 4.94. The van der Waals surface area contributed by atoms with Crippen LogP contribution in [-0.4, -0.2) is 23.0 Å². The molecule has 0 unspecified atom stereocenters. The highest BCUT2D eigenvalue weighted by Gasteiger charge is 2.12. The van der Waals surface area contributed by atoms with Gasteiger partial charge in [-0.05, 0) is 17.7 Å². The quantitative estimate of drug-likeness (QED) is 0.752. The van der Waals surface area contributed by atoms with Gasteiger partial charge in [-0.15, -0.1) is 11.3 Å². The maximum atomic E-state index is 12.2. The fourth-order valence-corrected chi connectivity index (χ4v) is 3.03. The van der Waals surface area contributed by atoms with Crippen molar-refractivity contribution in [1.29, 1.82) is 0 Å². The van der Waals surface area contributed by atoms with Crippen LogP contribution in [0.15, 0.2) is 48.0 Å². The number of ether oxygens (including phenoxy) is 1. The summed E-state index contributed by atoms with van der Waals surface area (Å²) < 4.78 is 5.00. The fraction of sp³-hybridized carbons (Fsp3) is 0.118. The van der Waals surface area contributed by atoms with Gasteiger partial charge in [0.15, 0.2) is 0 Å². The summed E-state index contributed by atoms with van der Waals surface area (Å²) in [5.74, 6) is 0.311. The molecule has 2 aromatic heterocycles. The van der Waals surface area contributed by atoms with E-state index < -0.39 is 0 Å². The smallest absolute Gasteiger partial charge is 0.271 e. The Bertz CT molecular complexity index is 849. The van der Waals surface area contributed by atoms with Crippen molar-refractivity contribution in [3.63, 3.8) is 0 Å². The molecule has 0 atom stereocenters. The number of pyridine rings is 1. The number of hydrogen-bond donors (Lipinski definition) is 1. The number of carbonyl (C=O) groups excluding carboxylic acids is 1. The van der Waals surface area contributed by atoms with E-state index in [1.807, 2.05) is 24.3 Å². The minimum Gasteiger partial charge on any atom is -0.481 e. The van der Waals surface area contributed by atoms with Crippen molar-refractivity contribution in [2.24, 2.45) is 0 Å². The largest absolute Gasteiger partial charge is 0.481 e. The number of amides is 1. The molecule has 122 valence electrons. The summed E-state index contributed by atoms with van der Waals surface area (Å²) in [4.78, 5) is 20.7. The molecule has 0 aliphatic heterocycles. The van der Waals surface area contributed by atoms with E-state index in [9.17, 15) is 4.79 Å². The SMILES string of the molecule is COc1ccc(CNC(=O)c2csc(-c3cccc(Cl)c3)n2)cn1. The zero-order valence-corrected chi connectivity index (χ0v) is 14.4. The summed E-state index contributed by atoms with van der Waals surface area (Å²) in [5.41, 5.74) is 2.16. The van der Waals surface area contributed by atoms with Gasteiger partial charge in [0.2, 0.25) is 5.88 Å². The van der Waals surface area contributed by atoms with Crippen molar-refractivity contribution in [1.82, 2.24) is 15.3 Å². The Morgan fingerprint density at radius 1 is 1.33 bits per heavy atom. The summed E-state index contributed by atoms with van der Waals surface area (Å²) in [6.07, 6.45) is 1.66. The average Bonchev–Trinajstić information content (AvgIpc) is 3.10. The number of methoxy groups -OCH3 is 1. The predicted molar refractivity (Wildman–Crippen MR) is 94.5 cm³/mol. The number of rotatable bonds is 5. The van der Waals surface area contributed by atoms with Crippen LogP contribution in [0.3, 0.4) is 0 Å². The van der Waals surface area contributed by atoms with E-state index >= 15 is 0 Å². The lowest BCUT2D eigenvalue weighted by Crippen LogP contribution is -2.23. The number of benzene rings is 1. The highest BCUT2D eigenvalue weighted by Crippen LogP contribution is 2.26. The third-order valence-corrected chi connectivity index (χ3v) is 4.39.